The number of hydrogen-bond donors (Lipinski definition) is 3. The average Bonchev–Trinajstić information content (AvgIpc) is 2.45. The van der Waals surface area contributed by atoms with Crippen molar-refractivity contribution in [3.8, 4) is 0 Å². The topological polar surface area (TPSA) is 61.4 Å². The zero-order valence-electron chi connectivity index (χ0n) is 11.7. The van der Waals surface area contributed by atoms with Crippen molar-refractivity contribution in [2.75, 3.05) is 6.54 Å². The third-order valence-electron chi connectivity index (χ3n) is 3.75. The summed E-state index contributed by atoms with van der Waals surface area (Å²) in [4.78, 5) is 12.1. The second-order valence-electron chi connectivity index (χ2n) is 5.38. The zero-order chi connectivity index (χ0) is 14.5. The molecule has 110 valence electrons. The van der Waals surface area contributed by atoms with Crippen LogP contribution in [0.4, 0.5) is 4.39 Å². The fourth-order valence-corrected chi connectivity index (χ4v) is 2.53. The van der Waals surface area contributed by atoms with Crippen molar-refractivity contribution < 1.29 is 14.3 Å². The summed E-state index contributed by atoms with van der Waals surface area (Å²) in [7, 11) is 0. The number of aliphatic hydroxyl groups is 1. The molecule has 3 N–H and O–H groups in total. The van der Waals surface area contributed by atoms with Crippen LogP contribution in [0.1, 0.15) is 30.9 Å². The van der Waals surface area contributed by atoms with E-state index in [1.54, 1.807) is 12.1 Å². The number of benzene rings is 1. The van der Waals surface area contributed by atoms with E-state index in [9.17, 15) is 9.18 Å². The van der Waals surface area contributed by atoms with Crippen molar-refractivity contribution in [2.45, 2.75) is 39.0 Å². The van der Waals surface area contributed by atoms with Gasteiger partial charge in [-0.3, -0.25) is 4.79 Å². The van der Waals surface area contributed by atoms with Crippen LogP contribution in [-0.2, 0) is 17.9 Å². The molecule has 0 aromatic heterocycles. The molecule has 1 heterocycles. The van der Waals surface area contributed by atoms with E-state index in [4.69, 9.17) is 5.11 Å². The lowest BCUT2D eigenvalue weighted by Crippen LogP contribution is -2.42. The summed E-state index contributed by atoms with van der Waals surface area (Å²) in [6.45, 7) is 2.94. The van der Waals surface area contributed by atoms with E-state index >= 15 is 0 Å². The largest absolute Gasteiger partial charge is 0.392 e. The molecule has 0 bridgehead atoms. The van der Waals surface area contributed by atoms with Gasteiger partial charge in [-0.15, -0.1) is 0 Å². The van der Waals surface area contributed by atoms with Crippen LogP contribution in [0.2, 0.25) is 0 Å². The Morgan fingerprint density at radius 2 is 2.35 bits per heavy atom. The van der Waals surface area contributed by atoms with E-state index in [-0.39, 0.29) is 24.0 Å². The molecule has 1 fully saturated rings. The van der Waals surface area contributed by atoms with Crippen LogP contribution in [0.5, 0.6) is 0 Å². The second-order valence-corrected chi connectivity index (χ2v) is 5.38. The van der Waals surface area contributed by atoms with Crippen LogP contribution in [-0.4, -0.2) is 23.6 Å². The van der Waals surface area contributed by atoms with Crippen molar-refractivity contribution in [1.82, 2.24) is 10.6 Å². The molecule has 2 rings (SSSR count). The maximum atomic E-state index is 13.5. The molecule has 4 nitrogen and oxygen atoms in total. The highest BCUT2D eigenvalue weighted by molar-refractivity contribution is 5.78. The lowest BCUT2D eigenvalue weighted by molar-refractivity contribution is -0.126. The van der Waals surface area contributed by atoms with Gasteiger partial charge in [-0.2, -0.15) is 0 Å². The molecule has 1 amide bonds. The van der Waals surface area contributed by atoms with Gasteiger partial charge in [0.1, 0.15) is 5.82 Å². The predicted octanol–water partition coefficient (Wildman–Crippen LogP) is 1.32. The summed E-state index contributed by atoms with van der Waals surface area (Å²) in [6.07, 6.45) is 1.68. The van der Waals surface area contributed by atoms with Crippen molar-refractivity contribution >= 4 is 5.91 Å². The second kappa shape index (κ2) is 6.81. The van der Waals surface area contributed by atoms with Crippen LogP contribution >= 0.6 is 0 Å². The molecule has 0 radical (unpaired) electrons. The minimum Gasteiger partial charge on any atom is -0.392 e. The van der Waals surface area contributed by atoms with Crippen molar-refractivity contribution in [2.24, 2.45) is 5.92 Å². The Kier molecular flexibility index (Phi) is 5.09. The zero-order valence-corrected chi connectivity index (χ0v) is 11.7. The van der Waals surface area contributed by atoms with Gasteiger partial charge in [-0.1, -0.05) is 12.1 Å². The highest BCUT2D eigenvalue weighted by Crippen LogP contribution is 2.16. The molecule has 0 unspecified atom stereocenters. The average molecular weight is 280 g/mol. The van der Waals surface area contributed by atoms with Gasteiger partial charge in [-0.05, 0) is 37.9 Å². The number of hydrogen-bond acceptors (Lipinski definition) is 3. The first kappa shape index (κ1) is 14.9. The molecule has 0 aliphatic carbocycles. The molecular formula is C15H21FN2O2. The Labute approximate surface area is 118 Å². The Morgan fingerprint density at radius 1 is 1.55 bits per heavy atom. The normalized spacial score (nSPS) is 22.6. The molecule has 20 heavy (non-hydrogen) atoms. The molecule has 0 spiro atoms. The molecule has 1 aliphatic rings. The number of aliphatic hydroxyl groups excluding tert-OH is 1. The van der Waals surface area contributed by atoms with Crippen molar-refractivity contribution in [1.29, 1.82) is 0 Å². The van der Waals surface area contributed by atoms with E-state index < -0.39 is 5.82 Å². The van der Waals surface area contributed by atoms with E-state index in [0.29, 0.717) is 18.2 Å². The number of carbonyl (C=O) groups excluding carboxylic acids is 1. The quantitative estimate of drug-likeness (QED) is 0.779. The highest BCUT2D eigenvalue weighted by atomic mass is 19.1. The summed E-state index contributed by atoms with van der Waals surface area (Å²) in [6, 6.07) is 4.99. The van der Waals surface area contributed by atoms with E-state index in [1.807, 2.05) is 0 Å². The maximum absolute atomic E-state index is 13.5. The van der Waals surface area contributed by atoms with Gasteiger partial charge in [0.2, 0.25) is 5.91 Å². The smallest absolute Gasteiger partial charge is 0.223 e. The molecule has 2 atom stereocenters. The van der Waals surface area contributed by atoms with E-state index in [0.717, 1.165) is 19.4 Å². The minimum absolute atomic E-state index is 0.0324. The molecule has 1 saturated heterocycles. The van der Waals surface area contributed by atoms with Crippen molar-refractivity contribution in [3.63, 3.8) is 0 Å². The summed E-state index contributed by atoms with van der Waals surface area (Å²) in [5.74, 6) is -0.368. The summed E-state index contributed by atoms with van der Waals surface area (Å²) < 4.78 is 13.5. The number of amides is 1. The molecule has 1 aliphatic heterocycles. The van der Waals surface area contributed by atoms with Crippen LogP contribution < -0.4 is 10.6 Å². The molecular weight excluding hydrogens is 259 g/mol. The van der Waals surface area contributed by atoms with E-state index in [1.165, 1.54) is 6.07 Å². The SMILES string of the molecule is C[C@H]1C[C@@H](C(=O)NCc2ccc(CO)c(F)c2)CCN1. The first-order valence-electron chi connectivity index (χ1n) is 6.99. The lowest BCUT2D eigenvalue weighted by atomic mass is 9.92. The molecule has 0 saturated carbocycles. The number of halogens is 1. The number of rotatable bonds is 4. The van der Waals surface area contributed by atoms with Gasteiger partial charge in [0.25, 0.3) is 0 Å². The maximum Gasteiger partial charge on any atom is 0.223 e. The Morgan fingerprint density at radius 3 is 3.00 bits per heavy atom. The first-order chi connectivity index (χ1) is 9.60. The monoisotopic (exact) mass is 280 g/mol. The third kappa shape index (κ3) is 3.77. The molecule has 5 heteroatoms. The van der Waals surface area contributed by atoms with Gasteiger partial charge in [0.15, 0.2) is 0 Å². The van der Waals surface area contributed by atoms with Gasteiger partial charge in [0.05, 0.1) is 6.61 Å². The summed E-state index contributed by atoms with van der Waals surface area (Å²) in [5, 5.41) is 15.1. The Hall–Kier alpha value is -1.46. The van der Waals surface area contributed by atoms with Gasteiger partial charge < -0.3 is 15.7 Å². The number of carbonyl (C=O) groups is 1. The van der Waals surface area contributed by atoms with Crippen molar-refractivity contribution in [3.05, 3.63) is 35.1 Å². The minimum atomic E-state index is -0.435. The fourth-order valence-electron chi connectivity index (χ4n) is 2.53. The summed E-state index contributed by atoms with van der Waals surface area (Å²) >= 11 is 0. The lowest BCUT2D eigenvalue weighted by Gasteiger charge is -2.27. The molecule has 1 aromatic carbocycles. The standard InChI is InChI=1S/C15H21FN2O2/c1-10-6-12(4-5-17-10)15(20)18-8-11-2-3-13(9-19)14(16)7-11/h2-3,7,10,12,17,19H,4-6,8-9H2,1H3,(H,18,20)/t10-,12-/m0/s1. The fraction of sp³-hybridized carbons (Fsp3) is 0.533. The Bertz CT molecular complexity index is 479. The summed E-state index contributed by atoms with van der Waals surface area (Å²) in [5.41, 5.74) is 0.974. The van der Waals surface area contributed by atoms with Crippen LogP contribution in [0, 0.1) is 11.7 Å². The van der Waals surface area contributed by atoms with Crippen LogP contribution in [0.3, 0.4) is 0 Å². The highest BCUT2D eigenvalue weighted by Gasteiger charge is 2.24. The van der Waals surface area contributed by atoms with Crippen LogP contribution in [0.25, 0.3) is 0 Å². The number of nitrogens with one attached hydrogen (secondary N) is 2. The van der Waals surface area contributed by atoms with Gasteiger partial charge in [-0.25, -0.2) is 4.39 Å². The third-order valence-corrected chi connectivity index (χ3v) is 3.75. The number of piperidine rings is 1. The van der Waals surface area contributed by atoms with Gasteiger partial charge in [0, 0.05) is 24.1 Å². The molecule has 1 aromatic rings. The Balaban J connectivity index is 1.88. The van der Waals surface area contributed by atoms with Crippen LogP contribution in [0.15, 0.2) is 18.2 Å². The van der Waals surface area contributed by atoms with Gasteiger partial charge >= 0.3 is 0 Å². The first-order valence-corrected chi connectivity index (χ1v) is 6.99. The predicted molar refractivity (Wildman–Crippen MR) is 74.4 cm³/mol. The van der Waals surface area contributed by atoms with E-state index in [2.05, 4.69) is 17.6 Å².